The molecule has 0 saturated carbocycles. The van der Waals surface area contributed by atoms with Gasteiger partial charge in [0.25, 0.3) is 0 Å². The van der Waals surface area contributed by atoms with E-state index in [0.717, 1.165) is 22.4 Å². The number of anilines is 2. The Morgan fingerprint density at radius 3 is 2.07 bits per heavy atom. The summed E-state index contributed by atoms with van der Waals surface area (Å²) in [4.78, 5) is 3.59. The zero-order valence-corrected chi connectivity index (χ0v) is 16.4. The van der Waals surface area contributed by atoms with Gasteiger partial charge < -0.3 is 10.3 Å². The first kappa shape index (κ1) is 16.9. The fourth-order valence-electron chi connectivity index (χ4n) is 4.41. The van der Waals surface area contributed by atoms with Crippen LogP contribution < -0.4 is 5.32 Å². The van der Waals surface area contributed by atoms with Crippen LogP contribution in [-0.2, 0) is 0 Å². The minimum absolute atomic E-state index is 1.08. The first-order chi connectivity index (χ1) is 14.9. The molecular weight excluding hydrogens is 364 g/mol. The largest absolute Gasteiger partial charge is 0.353 e. The van der Waals surface area contributed by atoms with Crippen LogP contribution in [0.2, 0.25) is 0 Å². The lowest BCUT2D eigenvalue weighted by Gasteiger charge is -2.15. The lowest BCUT2D eigenvalue weighted by Crippen LogP contribution is -1.94. The molecule has 2 heteroatoms. The molecule has 0 saturated heterocycles. The van der Waals surface area contributed by atoms with Gasteiger partial charge in [-0.2, -0.15) is 0 Å². The number of fused-ring (bicyclic) bond motifs is 4. The number of H-pyrrole nitrogens is 1. The van der Waals surface area contributed by atoms with E-state index < -0.39 is 0 Å². The number of hydrogen-bond donors (Lipinski definition) is 2. The first-order valence-corrected chi connectivity index (χ1v) is 10.2. The fourth-order valence-corrected chi connectivity index (χ4v) is 4.41. The molecule has 0 spiro atoms. The molecule has 0 aliphatic heterocycles. The monoisotopic (exact) mass is 384 g/mol. The number of rotatable bonds is 3. The second-order valence-corrected chi connectivity index (χ2v) is 7.60. The molecule has 6 rings (SSSR count). The van der Waals surface area contributed by atoms with Gasteiger partial charge in [-0.3, -0.25) is 0 Å². The Morgan fingerprint density at radius 2 is 1.10 bits per heavy atom. The summed E-state index contributed by atoms with van der Waals surface area (Å²) in [7, 11) is 0. The molecule has 0 amide bonds. The van der Waals surface area contributed by atoms with Gasteiger partial charge in [0.2, 0.25) is 0 Å². The number of aromatic nitrogens is 1. The van der Waals surface area contributed by atoms with Gasteiger partial charge in [0.05, 0.1) is 11.2 Å². The smallest absolute Gasteiger partial charge is 0.0704 e. The van der Waals surface area contributed by atoms with Crippen molar-refractivity contribution in [3.8, 4) is 11.1 Å². The van der Waals surface area contributed by atoms with Crippen LogP contribution in [-0.4, -0.2) is 4.98 Å². The van der Waals surface area contributed by atoms with Crippen molar-refractivity contribution in [1.82, 2.24) is 4.98 Å². The van der Waals surface area contributed by atoms with Crippen LogP contribution in [0, 0.1) is 0 Å². The zero-order chi connectivity index (χ0) is 19.9. The molecule has 0 atom stereocenters. The minimum Gasteiger partial charge on any atom is -0.353 e. The maximum absolute atomic E-state index is 3.71. The van der Waals surface area contributed by atoms with Crippen LogP contribution >= 0.6 is 0 Å². The Balaban J connectivity index is 1.52. The average molecular weight is 384 g/mol. The highest BCUT2D eigenvalue weighted by Gasteiger charge is 2.11. The number of benzene rings is 5. The maximum Gasteiger partial charge on any atom is 0.0704 e. The Kier molecular flexibility index (Phi) is 3.82. The molecule has 1 aromatic heterocycles. The van der Waals surface area contributed by atoms with Crippen molar-refractivity contribution < 1.29 is 0 Å². The van der Waals surface area contributed by atoms with Crippen LogP contribution in [0.4, 0.5) is 11.4 Å². The van der Waals surface area contributed by atoms with E-state index in [1.807, 2.05) is 0 Å². The van der Waals surface area contributed by atoms with E-state index in [0.29, 0.717) is 0 Å². The molecule has 0 aliphatic rings. The summed E-state index contributed by atoms with van der Waals surface area (Å²) < 4.78 is 0. The molecular formula is C28H20N2. The second-order valence-electron chi connectivity index (χ2n) is 7.60. The van der Waals surface area contributed by atoms with Crippen molar-refractivity contribution in [2.75, 3.05) is 5.32 Å². The third kappa shape index (κ3) is 2.66. The van der Waals surface area contributed by atoms with E-state index in [9.17, 15) is 0 Å². The number of aromatic amines is 1. The standard InChI is InChI=1S/C28H20N2/c1-2-11-20-19(9-1)10-7-14-21(20)22-12-3-5-16-25(22)29-27-18-8-15-24-23-13-4-6-17-26(23)30-28(24)27/h1-18,29-30H. The third-order valence-electron chi connectivity index (χ3n) is 5.82. The lowest BCUT2D eigenvalue weighted by molar-refractivity contribution is 1.51. The SMILES string of the molecule is c1ccc(-c2cccc3ccccc23)c(Nc2cccc3c2[nH]c2ccccc23)c1. The summed E-state index contributed by atoms with van der Waals surface area (Å²) in [6, 6.07) is 38.5. The summed E-state index contributed by atoms with van der Waals surface area (Å²) >= 11 is 0. The molecule has 2 N–H and O–H groups in total. The van der Waals surface area contributed by atoms with Crippen LogP contribution in [0.1, 0.15) is 0 Å². The van der Waals surface area contributed by atoms with Gasteiger partial charge in [-0.15, -0.1) is 0 Å². The van der Waals surface area contributed by atoms with E-state index in [1.165, 1.54) is 32.7 Å². The van der Waals surface area contributed by atoms with Gasteiger partial charge in [0, 0.05) is 27.5 Å². The molecule has 0 radical (unpaired) electrons. The second kappa shape index (κ2) is 6.78. The Bertz CT molecular complexity index is 1520. The van der Waals surface area contributed by atoms with Crippen molar-refractivity contribution in [2.45, 2.75) is 0 Å². The molecule has 0 fully saturated rings. The summed E-state index contributed by atoms with van der Waals surface area (Å²) in [5, 5.41) is 8.71. The van der Waals surface area contributed by atoms with Crippen LogP contribution in [0.5, 0.6) is 0 Å². The minimum atomic E-state index is 1.08. The molecule has 6 aromatic rings. The molecule has 142 valence electrons. The van der Waals surface area contributed by atoms with Crippen LogP contribution in [0.3, 0.4) is 0 Å². The Morgan fingerprint density at radius 1 is 0.467 bits per heavy atom. The molecule has 5 aromatic carbocycles. The molecule has 2 nitrogen and oxygen atoms in total. The summed E-state index contributed by atoms with van der Waals surface area (Å²) in [5.74, 6) is 0. The molecule has 0 bridgehead atoms. The van der Waals surface area contributed by atoms with Gasteiger partial charge in [-0.05, 0) is 34.5 Å². The average Bonchev–Trinajstić information content (AvgIpc) is 3.19. The van der Waals surface area contributed by atoms with Gasteiger partial charge in [-0.1, -0.05) is 91.0 Å². The predicted octanol–water partition coefficient (Wildman–Crippen LogP) is 7.88. The van der Waals surface area contributed by atoms with Crippen LogP contribution in [0.25, 0.3) is 43.7 Å². The van der Waals surface area contributed by atoms with Gasteiger partial charge in [0.1, 0.15) is 0 Å². The van der Waals surface area contributed by atoms with Crippen molar-refractivity contribution in [3.05, 3.63) is 109 Å². The van der Waals surface area contributed by atoms with Gasteiger partial charge >= 0.3 is 0 Å². The van der Waals surface area contributed by atoms with Crippen molar-refractivity contribution in [3.63, 3.8) is 0 Å². The molecule has 0 aliphatic carbocycles. The van der Waals surface area contributed by atoms with E-state index in [1.54, 1.807) is 0 Å². The normalized spacial score (nSPS) is 11.3. The number of para-hydroxylation sites is 3. The molecule has 0 unspecified atom stereocenters. The molecule has 30 heavy (non-hydrogen) atoms. The number of nitrogens with one attached hydrogen (secondary N) is 2. The highest BCUT2D eigenvalue weighted by molar-refractivity contribution is 6.12. The van der Waals surface area contributed by atoms with Crippen LogP contribution in [0.15, 0.2) is 109 Å². The Labute approximate surface area is 174 Å². The molecule has 1 heterocycles. The first-order valence-electron chi connectivity index (χ1n) is 10.2. The highest BCUT2D eigenvalue weighted by atomic mass is 14.9. The quantitative estimate of drug-likeness (QED) is 0.319. The maximum atomic E-state index is 3.71. The predicted molar refractivity (Wildman–Crippen MR) is 128 cm³/mol. The van der Waals surface area contributed by atoms with Gasteiger partial charge in [0.15, 0.2) is 0 Å². The summed E-state index contributed by atoms with van der Waals surface area (Å²) in [6.45, 7) is 0. The van der Waals surface area contributed by atoms with Gasteiger partial charge in [-0.25, -0.2) is 0 Å². The van der Waals surface area contributed by atoms with Crippen molar-refractivity contribution >= 4 is 44.0 Å². The van der Waals surface area contributed by atoms with E-state index in [4.69, 9.17) is 0 Å². The fraction of sp³-hybridized carbons (Fsp3) is 0. The lowest BCUT2D eigenvalue weighted by atomic mass is 9.97. The zero-order valence-electron chi connectivity index (χ0n) is 16.4. The number of hydrogen-bond acceptors (Lipinski definition) is 1. The topological polar surface area (TPSA) is 27.8 Å². The van der Waals surface area contributed by atoms with Crippen molar-refractivity contribution in [2.24, 2.45) is 0 Å². The van der Waals surface area contributed by atoms with E-state index in [2.05, 4.69) is 119 Å². The van der Waals surface area contributed by atoms with Crippen molar-refractivity contribution in [1.29, 1.82) is 0 Å². The summed E-state index contributed by atoms with van der Waals surface area (Å²) in [5.41, 5.74) is 6.90. The summed E-state index contributed by atoms with van der Waals surface area (Å²) in [6.07, 6.45) is 0. The third-order valence-corrected chi connectivity index (χ3v) is 5.82. The highest BCUT2D eigenvalue weighted by Crippen LogP contribution is 2.37. The Hall–Kier alpha value is -4.04. The van der Waals surface area contributed by atoms with E-state index >= 15 is 0 Å². The van der Waals surface area contributed by atoms with E-state index in [-0.39, 0.29) is 0 Å².